The zero-order valence-corrected chi connectivity index (χ0v) is 10.7. The predicted octanol–water partition coefficient (Wildman–Crippen LogP) is 0.321. The molecule has 1 aliphatic rings. The average Bonchev–Trinajstić information content (AvgIpc) is 2.13. The third-order valence-corrected chi connectivity index (χ3v) is 5.35. The van der Waals surface area contributed by atoms with Crippen LogP contribution in [0.5, 0.6) is 0 Å². The van der Waals surface area contributed by atoms with E-state index < -0.39 is 20.9 Å². The molecule has 1 fully saturated rings. The SMILES string of the molecule is CCC(C#N)S(=O)(=O)N1CC(O)(C(C)C)C1. The summed E-state index contributed by atoms with van der Waals surface area (Å²) in [6, 6.07) is 1.79. The molecule has 1 unspecified atom stereocenters. The molecule has 0 bridgehead atoms. The first-order chi connectivity index (χ1) is 7.28. The van der Waals surface area contributed by atoms with Gasteiger partial charge in [-0.15, -0.1) is 0 Å². The predicted molar refractivity (Wildman–Crippen MR) is 60.0 cm³/mol. The van der Waals surface area contributed by atoms with E-state index >= 15 is 0 Å². The van der Waals surface area contributed by atoms with E-state index in [-0.39, 0.29) is 25.4 Å². The van der Waals surface area contributed by atoms with Crippen LogP contribution in [-0.4, -0.2) is 41.8 Å². The molecular formula is C10H18N2O3S. The van der Waals surface area contributed by atoms with Crippen molar-refractivity contribution in [3.8, 4) is 6.07 Å². The van der Waals surface area contributed by atoms with Crippen LogP contribution in [0.3, 0.4) is 0 Å². The molecule has 0 aromatic heterocycles. The molecule has 0 radical (unpaired) electrons. The van der Waals surface area contributed by atoms with E-state index in [4.69, 9.17) is 5.26 Å². The Balaban J connectivity index is 2.75. The highest BCUT2D eigenvalue weighted by Crippen LogP contribution is 2.32. The zero-order chi connectivity index (χ0) is 12.6. The Kier molecular flexibility index (Phi) is 3.62. The Hall–Kier alpha value is -0.640. The fourth-order valence-electron chi connectivity index (χ4n) is 1.66. The number of nitrogens with zero attached hydrogens (tertiary/aromatic N) is 2. The van der Waals surface area contributed by atoms with Crippen molar-refractivity contribution >= 4 is 10.0 Å². The lowest BCUT2D eigenvalue weighted by Crippen LogP contribution is -2.66. The summed E-state index contributed by atoms with van der Waals surface area (Å²) < 4.78 is 25.0. The molecule has 0 spiro atoms. The Morgan fingerprint density at radius 2 is 2.00 bits per heavy atom. The van der Waals surface area contributed by atoms with E-state index in [1.54, 1.807) is 13.0 Å². The molecule has 16 heavy (non-hydrogen) atoms. The number of sulfonamides is 1. The molecule has 1 aliphatic heterocycles. The van der Waals surface area contributed by atoms with Crippen molar-refractivity contribution in [2.45, 2.75) is 38.0 Å². The lowest BCUT2D eigenvalue weighted by atomic mass is 9.85. The van der Waals surface area contributed by atoms with Gasteiger partial charge in [-0.25, -0.2) is 8.42 Å². The first kappa shape index (κ1) is 13.4. The molecule has 5 nitrogen and oxygen atoms in total. The molecule has 92 valence electrons. The van der Waals surface area contributed by atoms with Gasteiger partial charge in [0.2, 0.25) is 10.0 Å². The lowest BCUT2D eigenvalue weighted by molar-refractivity contribution is -0.0934. The Morgan fingerprint density at radius 3 is 2.31 bits per heavy atom. The van der Waals surface area contributed by atoms with Crippen molar-refractivity contribution in [2.24, 2.45) is 5.92 Å². The number of hydrogen-bond acceptors (Lipinski definition) is 4. The highest BCUT2D eigenvalue weighted by molar-refractivity contribution is 7.90. The van der Waals surface area contributed by atoms with Crippen LogP contribution >= 0.6 is 0 Å². The van der Waals surface area contributed by atoms with Crippen molar-refractivity contribution in [3.63, 3.8) is 0 Å². The van der Waals surface area contributed by atoms with E-state index in [1.165, 1.54) is 4.31 Å². The molecule has 1 atom stereocenters. The van der Waals surface area contributed by atoms with Crippen molar-refractivity contribution < 1.29 is 13.5 Å². The van der Waals surface area contributed by atoms with Gasteiger partial charge in [-0.1, -0.05) is 20.8 Å². The highest BCUT2D eigenvalue weighted by Gasteiger charge is 2.50. The van der Waals surface area contributed by atoms with E-state index in [1.807, 2.05) is 13.8 Å². The molecular weight excluding hydrogens is 228 g/mol. The minimum absolute atomic E-state index is 0.0149. The van der Waals surface area contributed by atoms with Crippen LogP contribution < -0.4 is 0 Å². The molecule has 0 aromatic rings. The normalized spacial score (nSPS) is 22.5. The van der Waals surface area contributed by atoms with Gasteiger partial charge < -0.3 is 5.11 Å². The van der Waals surface area contributed by atoms with Gasteiger partial charge in [-0.3, -0.25) is 0 Å². The van der Waals surface area contributed by atoms with Crippen molar-refractivity contribution in [2.75, 3.05) is 13.1 Å². The smallest absolute Gasteiger partial charge is 0.230 e. The Bertz CT molecular complexity index is 391. The van der Waals surface area contributed by atoms with Gasteiger partial charge in [0, 0.05) is 13.1 Å². The average molecular weight is 246 g/mol. The fraction of sp³-hybridized carbons (Fsp3) is 0.900. The number of β-amino-alcohol motifs (C(OH)–C–C–N with tert-alkyl or cyclic N) is 1. The Morgan fingerprint density at radius 1 is 1.50 bits per heavy atom. The third kappa shape index (κ3) is 2.08. The van der Waals surface area contributed by atoms with E-state index in [9.17, 15) is 13.5 Å². The van der Waals surface area contributed by atoms with Crippen molar-refractivity contribution in [3.05, 3.63) is 0 Å². The van der Waals surface area contributed by atoms with Crippen LogP contribution in [0.2, 0.25) is 0 Å². The summed E-state index contributed by atoms with van der Waals surface area (Å²) >= 11 is 0. The number of nitriles is 1. The topological polar surface area (TPSA) is 81.4 Å². The Labute approximate surface area is 96.7 Å². The molecule has 6 heteroatoms. The van der Waals surface area contributed by atoms with Gasteiger partial charge in [0.25, 0.3) is 0 Å². The molecule has 1 rings (SSSR count). The summed E-state index contributed by atoms with van der Waals surface area (Å²) in [4.78, 5) is 0. The van der Waals surface area contributed by atoms with E-state index in [0.717, 1.165) is 0 Å². The fourth-order valence-corrected chi connectivity index (χ4v) is 3.38. The summed E-state index contributed by atoms with van der Waals surface area (Å²) in [5, 5.41) is 17.7. The zero-order valence-electron chi connectivity index (χ0n) is 9.84. The first-order valence-electron chi connectivity index (χ1n) is 5.39. The maximum absolute atomic E-state index is 11.9. The monoisotopic (exact) mass is 246 g/mol. The van der Waals surface area contributed by atoms with Gasteiger partial charge in [0.15, 0.2) is 5.25 Å². The van der Waals surface area contributed by atoms with Crippen LogP contribution in [0.4, 0.5) is 0 Å². The second-order valence-corrected chi connectivity index (χ2v) is 6.71. The minimum Gasteiger partial charge on any atom is -0.387 e. The molecule has 1 heterocycles. The van der Waals surface area contributed by atoms with Gasteiger partial charge in [0.05, 0.1) is 11.7 Å². The standard InChI is InChI=1S/C10H18N2O3S/c1-4-9(5-11)16(14,15)12-6-10(13,7-12)8(2)3/h8-9,13H,4,6-7H2,1-3H3. The summed E-state index contributed by atoms with van der Waals surface area (Å²) in [5.41, 5.74) is -0.930. The molecule has 0 amide bonds. The lowest BCUT2D eigenvalue weighted by Gasteiger charge is -2.48. The molecule has 1 saturated heterocycles. The summed E-state index contributed by atoms with van der Waals surface area (Å²) in [7, 11) is -3.56. The van der Waals surface area contributed by atoms with Gasteiger partial charge >= 0.3 is 0 Å². The quantitative estimate of drug-likeness (QED) is 0.774. The largest absolute Gasteiger partial charge is 0.387 e. The highest BCUT2D eigenvalue weighted by atomic mass is 32.2. The van der Waals surface area contributed by atoms with Crippen LogP contribution in [0.15, 0.2) is 0 Å². The minimum atomic E-state index is -3.56. The van der Waals surface area contributed by atoms with Gasteiger partial charge in [-0.2, -0.15) is 9.57 Å². The van der Waals surface area contributed by atoms with E-state index in [0.29, 0.717) is 0 Å². The molecule has 0 aliphatic carbocycles. The van der Waals surface area contributed by atoms with Crippen LogP contribution in [0, 0.1) is 17.2 Å². The molecule has 0 saturated carbocycles. The number of rotatable bonds is 4. The molecule has 0 aromatic carbocycles. The summed E-state index contributed by atoms with van der Waals surface area (Å²) in [5.74, 6) is 0.0149. The van der Waals surface area contributed by atoms with Gasteiger partial charge in [0.1, 0.15) is 0 Å². The van der Waals surface area contributed by atoms with Gasteiger partial charge in [-0.05, 0) is 12.3 Å². The van der Waals surface area contributed by atoms with Crippen LogP contribution in [0.1, 0.15) is 27.2 Å². The third-order valence-electron chi connectivity index (χ3n) is 3.21. The van der Waals surface area contributed by atoms with E-state index in [2.05, 4.69) is 0 Å². The first-order valence-corrected chi connectivity index (χ1v) is 6.89. The summed E-state index contributed by atoms with van der Waals surface area (Å²) in [6.45, 7) is 5.58. The van der Waals surface area contributed by atoms with Crippen LogP contribution in [-0.2, 0) is 10.0 Å². The van der Waals surface area contributed by atoms with Crippen molar-refractivity contribution in [1.29, 1.82) is 5.26 Å². The number of aliphatic hydroxyl groups is 1. The summed E-state index contributed by atoms with van der Waals surface area (Å²) in [6.07, 6.45) is 0.273. The van der Waals surface area contributed by atoms with Crippen molar-refractivity contribution in [1.82, 2.24) is 4.31 Å². The number of hydrogen-bond donors (Lipinski definition) is 1. The second kappa shape index (κ2) is 4.32. The maximum atomic E-state index is 11.9. The second-order valence-electron chi connectivity index (χ2n) is 4.60. The van der Waals surface area contributed by atoms with Crippen LogP contribution in [0.25, 0.3) is 0 Å². The molecule has 1 N–H and O–H groups in total. The maximum Gasteiger partial charge on any atom is 0.230 e.